The third-order valence-electron chi connectivity index (χ3n) is 6.22. The first-order chi connectivity index (χ1) is 11.7. The van der Waals surface area contributed by atoms with Crippen molar-refractivity contribution in [3.63, 3.8) is 0 Å². The lowest BCUT2D eigenvalue weighted by Gasteiger charge is -2.53. The smallest absolute Gasteiger partial charge is 0.127 e. The summed E-state index contributed by atoms with van der Waals surface area (Å²) < 4.78 is 6.28. The first-order valence-corrected chi connectivity index (χ1v) is 9.62. The first-order valence-electron chi connectivity index (χ1n) is 9.62. The van der Waals surface area contributed by atoms with Gasteiger partial charge in [0, 0.05) is 17.4 Å². The third-order valence-corrected chi connectivity index (χ3v) is 6.22. The number of ether oxygens (including phenoxy) is 1. The number of hydrogen-bond acceptors (Lipinski definition) is 4. The minimum Gasteiger partial charge on any atom is -0.508 e. The summed E-state index contributed by atoms with van der Waals surface area (Å²) in [6.07, 6.45) is 4.70. The van der Waals surface area contributed by atoms with E-state index in [4.69, 9.17) is 4.74 Å². The number of hydrogen-bond donors (Lipinski definition) is 3. The fourth-order valence-electron chi connectivity index (χ4n) is 4.69. The van der Waals surface area contributed by atoms with E-state index in [1.807, 2.05) is 26.0 Å². The molecule has 0 bridgehead atoms. The van der Waals surface area contributed by atoms with Gasteiger partial charge in [-0.1, -0.05) is 19.8 Å². The van der Waals surface area contributed by atoms with Gasteiger partial charge in [0.15, 0.2) is 0 Å². The summed E-state index contributed by atoms with van der Waals surface area (Å²) in [4.78, 5) is 0. The molecule has 25 heavy (non-hydrogen) atoms. The predicted octanol–water partition coefficient (Wildman–Crippen LogP) is 3.90. The number of aromatic hydroxyl groups is 1. The summed E-state index contributed by atoms with van der Waals surface area (Å²) in [5, 5.41) is 32.2. The number of aryl methyl sites for hydroxylation is 1. The molecular formula is C21H32O4. The number of phenolic OH excluding ortho intramolecular Hbond substituents is 1. The zero-order valence-electron chi connectivity index (χ0n) is 15.9. The molecule has 1 aliphatic carbocycles. The normalized spacial score (nSPS) is 33.3. The topological polar surface area (TPSA) is 69.9 Å². The Morgan fingerprint density at radius 2 is 1.92 bits per heavy atom. The van der Waals surface area contributed by atoms with Crippen LogP contribution in [0.5, 0.6) is 11.5 Å². The molecule has 4 nitrogen and oxygen atoms in total. The van der Waals surface area contributed by atoms with Crippen LogP contribution >= 0.6 is 0 Å². The predicted molar refractivity (Wildman–Crippen MR) is 98.1 cm³/mol. The van der Waals surface area contributed by atoms with E-state index in [1.54, 1.807) is 6.92 Å². The molecular weight excluding hydrogens is 316 g/mol. The fourth-order valence-corrected chi connectivity index (χ4v) is 4.69. The highest BCUT2D eigenvalue weighted by Gasteiger charge is 2.55. The lowest BCUT2D eigenvalue weighted by Crippen LogP contribution is -2.57. The SMILES string of the molecule is CCCCCc1cc(O)c2c(c1)OC(C)(C)[C@H]1CC[C@](C)(O)[C@@H](O)[C@H]21. The average molecular weight is 348 g/mol. The van der Waals surface area contributed by atoms with Gasteiger partial charge in [-0.25, -0.2) is 0 Å². The Balaban J connectivity index is 2.02. The van der Waals surface area contributed by atoms with Gasteiger partial charge in [0.25, 0.3) is 0 Å². The molecule has 3 rings (SSSR count). The standard InChI is InChI=1S/C21H32O4/c1-5-6-7-8-13-11-15(22)18-16(12-13)25-20(2,3)14-9-10-21(4,24)19(23)17(14)18/h11-12,14,17,19,22-24H,5-10H2,1-4H3/t14-,17-,19-,21-/m0/s1. The second kappa shape index (κ2) is 6.48. The van der Waals surface area contributed by atoms with Crippen molar-refractivity contribution < 1.29 is 20.1 Å². The van der Waals surface area contributed by atoms with Crippen LogP contribution in [0.4, 0.5) is 0 Å². The van der Waals surface area contributed by atoms with Gasteiger partial charge in [-0.15, -0.1) is 0 Å². The van der Waals surface area contributed by atoms with Crippen molar-refractivity contribution in [1.82, 2.24) is 0 Å². The van der Waals surface area contributed by atoms with Crippen LogP contribution in [0.25, 0.3) is 0 Å². The molecule has 1 heterocycles. The molecule has 140 valence electrons. The van der Waals surface area contributed by atoms with E-state index in [2.05, 4.69) is 6.92 Å². The number of benzene rings is 1. The minimum atomic E-state index is -1.14. The van der Waals surface area contributed by atoms with Gasteiger partial charge in [-0.05, 0) is 64.2 Å². The van der Waals surface area contributed by atoms with Gasteiger partial charge in [-0.2, -0.15) is 0 Å². The zero-order valence-corrected chi connectivity index (χ0v) is 15.9. The molecule has 4 heteroatoms. The van der Waals surface area contributed by atoms with Crippen molar-refractivity contribution in [1.29, 1.82) is 0 Å². The van der Waals surface area contributed by atoms with Gasteiger partial charge in [0.05, 0.1) is 11.7 Å². The first kappa shape index (κ1) is 18.5. The van der Waals surface area contributed by atoms with Crippen LogP contribution in [0.1, 0.15) is 76.8 Å². The second-order valence-corrected chi connectivity index (χ2v) is 8.66. The Hall–Kier alpha value is -1.26. The number of fused-ring (bicyclic) bond motifs is 3. The summed E-state index contributed by atoms with van der Waals surface area (Å²) in [5.41, 5.74) is 0.147. The molecule has 1 fully saturated rings. The van der Waals surface area contributed by atoms with Crippen molar-refractivity contribution in [3.8, 4) is 11.5 Å². The molecule has 0 spiro atoms. The molecule has 1 aromatic carbocycles. The highest BCUT2D eigenvalue weighted by molar-refractivity contribution is 5.52. The van der Waals surface area contributed by atoms with Gasteiger partial charge >= 0.3 is 0 Å². The van der Waals surface area contributed by atoms with E-state index in [0.717, 1.165) is 37.7 Å². The van der Waals surface area contributed by atoms with Crippen LogP contribution in [-0.4, -0.2) is 32.6 Å². The Bertz CT molecular complexity index is 635. The number of aliphatic hydroxyl groups is 2. The highest BCUT2D eigenvalue weighted by Crippen LogP contribution is 2.56. The lowest BCUT2D eigenvalue weighted by atomic mass is 9.61. The number of rotatable bonds is 4. The van der Waals surface area contributed by atoms with E-state index in [-0.39, 0.29) is 17.6 Å². The van der Waals surface area contributed by atoms with E-state index in [0.29, 0.717) is 17.7 Å². The average Bonchev–Trinajstić information content (AvgIpc) is 2.50. The Labute approximate surface area is 150 Å². The number of phenols is 1. The van der Waals surface area contributed by atoms with Crippen molar-refractivity contribution in [2.75, 3.05) is 0 Å². The van der Waals surface area contributed by atoms with Crippen LogP contribution < -0.4 is 4.74 Å². The number of unbranched alkanes of at least 4 members (excludes halogenated alkanes) is 2. The van der Waals surface area contributed by atoms with Crippen LogP contribution in [0, 0.1) is 5.92 Å². The maximum Gasteiger partial charge on any atom is 0.127 e. The summed E-state index contributed by atoms with van der Waals surface area (Å²) in [6, 6.07) is 3.82. The highest BCUT2D eigenvalue weighted by atomic mass is 16.5. The Morgan fingerprint density at radius 1 is 1.20 bits per heavy atom. The second-order valence-electron chi connectivity index (χ2n) is 8.66. The van der Waals surface area contributed by atoms with Crippen molar-refractivity contribution >= 4 is 0 Å². The van der Waals surface area contributed by atoms with Crippen LogP contribution in [0.2, 0.25) is 0 Å². The molecule has 0 radical (unpaired) electrons. The Morgan fingerprint density at radius 3 is 2.60 bits per heavy atom. The summed E-state index contributed by atoms with van der Waals surface area (Å²) >= 11 is 0. The largest absolute Gasteiger partial charge is 0.508 e. The summed E-state index contributed by atoms with van der Waals surface area (Å²) in [5.74, 6) is 0.597. The quantitative estimate of drug-likeness (QED) is 0.722. The summed E-state index contributed by atoms with van der Waals surface area (Å²) in [6.45, 7) is 7.95. The molecule has 1 aromatic rings. The van der Waals surface area contributed by atoms with Crippen LogP contribution in [0.15, 0.2) is 12.1 Å². The molecule has 0 aromatic heterocycles. The molecule has 1 aliphatic heterocycles. The van der Waals surface area contributed by atoms with Gasteiger partial charge in [0.2, 0.25) is 0 Å². The van der Waals surface area contributed by atoms with Crippen LogP contribution in [0.3, 0.4) is 0 Å². The van der Waals surface area contributed by atoms with Crippen molar-refractivity contribution in [3.05, 3.63) is 23.3 Å². The Kier molecular flexibility index (Phi) is 4.80. The summed E-state index contributed by atoms with van der Waals surface area (Å²) in [7, 11) is 0. The van der Waals surface area contributed by atoms with Crippen molar-refractivity contribution in [2.24, 2.45) is 5.92 Å². The van der Waals surface area contributed by atoms with Gasteiger partial charge in [0.1, 0.15) is 17.1 Å². The fraction of sp³-hybridized carbons (Fsp3) is 0.714. The van der Waals surface area contributed by atoms with E-state index in [9.17, 15) is 15.3 Å². The van der Waals surface area contributed by atoms with Crippen molar-refractivity contribution in [2.45, 2.75) is 89.4 Å². The van der Waals surface area contributed by atoms with E-state index in [1.165, 1.54) is 0 Å². The molecule has 0 unspecified atom stereocenters. The minimum absolute atomic E-state index is 0.0621. The maximum atomic E-state index is 10.9. The number of aliphatic hydroxyl groups excluding tert-OH is 1. The molecule has 3 N–H and O–H groups in total. The maximum absolute atomic E-state index is 10.9. The third kappa shape index (κ3) is 3.26. The van der Waals surface area contributed by atoms with Gasteiger partial charge < -0.3 is 20.1 Å². The zero-order chi connectivity index (χ0) is 18.4. The van der Waals surface area contributed by atoms with Gasteiger partial charge in [-0.3, -0.25) is 0 Å². The monoisotopic (exact) mass is 348 g/mol. The van der Waals surface area contributed by atoms with E-state index < -0.39 is 17.3 Å². The molecule has 1 saturated carbocycles. The molecule has 4 atom stereocenters. The molecule has 2 aliphatic rings. The van der Waals surface area contributed by atoms with Crippen LogP contribution in [-0.2, 0) is 6.42 Å². The van der Waals surface area contributed by atoms with E-state index >= 15 is 0 Å². The molecule has 0 saturated heterocycles. The molecule has 0 amide bonds. The lowest BCUT2D eigenvalue weighted by molar-refractivity contribution is -0.144.